The SMILES string of the molecule is Cc1ccc(-c2nnc(C(C)Nc3cnn(CC(F)(F)F)c3)o2)cc1. The van der Waals surface area contributed by atoms with E-state index >= 15 is 0 Å². The highest BCUT2D eigenvalue weighted by atomic mass is 19.4. The minimum atomic E-state index is -4.32. The van der Waals surface area contributed by atoms with Crippen molar-refractivity contribution in [3.8, 4) is 11.5 Å². The van der Waals surface area contributed by atoms with Gasteiger partial charge in [-0.05, 0) is 26.0 Å². The van der Waals surface area contributed by atoms with E-state index in [0.29, 0.717) is 17.5 Å². The number of benzene rings is 1. The molecule has 0 aliphatic heterocycles. The quantitative estimate of drug-likeness (QED) is 0.753. The summed E-state index contributed by atoms with van der Waals surface area (Å²) in [6.45, 7) is 2.61. The van der Waals surface area contributed by atoms with E-state index < -0.39 is 12.7 Å². The molecule has 3 aromatic rings. The van der Waals surface area contributed by atoms with Crippen LogP contribution in [0.2, 0.25) is 0 Å². The molecular weight excluding hydrogens is 335 g/mol. The van der Waals surface area contributed by atoms with Crippen molar-refractivity contribution in [2.24, 2.45) is 0 Å². The minimum Gasteiger partial charge on any atom is -0.418 e. The van der Waals surface area contributed by atoms with Crippen LogP contribution in [0.15, 0.2) is 41.1 Å². The van der Waals surface area contributed by atoms with Crippen molar-refractivity contribution >= 4 is 5.69 Å². The normalized spacial score (nSPS) is 13.0. The number of aromatic nitrogens is 4. The highest BCUT2D eigenvalue weighted by molar-refractivity contribution is 5.53. The maximum atomic E-state index is 12.4. The maximum Gasteiger partial charge on any atom is 0.408 e. The molecule has 25 heavy (non-hydrogen) atoms. The Morgan fingerprint density at radius 3 is 2.60 bits per heavy atom. The lowest BCUT2D eigenvalue weighted by atomic mass is 10.1. The van der Waals surface area contributed by atoms with Gasteiger partial charge in [0.15, 0.2) is 0 Å². The molecule has 0 bridgehead atoms. The molecule has 132 valence electrons. The first-order valence-electron chi connectivity index (χ1n) is 7.56. The summed E-state index contributed by atoms with van der Waals surface area (Å²) >= 11 is 0. The van der Waals surface area contributed by atoms with Crippen molar-refractivity contribution in [1.29, 1.82) is 0 Å². The number of halogens is 3. The van der Waals surface area contributed by atoms with Crippen LogP contribution in [0.5, 0.6) is 0 Å². The lowest BCUT2D eigenvalue weighted by Crippen LogP contribution is -2.17. The predicted octanol–water partition coefficient (Wildman–Crippen LogP) is 3.98. The zero-order valence-corrected chi connectivity index (χ0v) is 13.6. The number of rotatable bonds is 5. The summed E-state index contributed by atoms with van der Waals surface area (Å²) in [5.41, 5.74) is 2.36. The van der Waals surface area contributed by atoms with E-state index in [2.05, 4.69) is 20.6 Å². The van der Waals surface area contributed by atoms with E-state index in [0.717, 1.165) is 15.8 Å². The maximum absolute atomic E-state index is 12.4. The van der Waals surface area contributed by atoms with Crippen molar-refractivity contribution < 1.29 is 17.6 Å². The summed E-state index contributed by atoms with van der Waals surface area (Å²) < 4.78 is 43.5. The molecule has 0 saturated heterocycles. The minimum absolute atomic E-state index is 0.333. The van der Waals surface area contributed by atoms with Gasteiger partial charge in [0.2, 0.25) is 11.8 Å². The van der Waals surface area contributed by atoms with Gasteiger partial charge in [-0.2, -0.15) is 18.3 Å². The second-order valence-corrected chi connectivity index (χ2v) is 5.72. The van der Waals surface area contributed by atoms with E-state index in [1.807, 2.05) is 31.2 Å². The third-order valence-electron chi connectivity index (χ3n) is 3.47. The summed E-state index contributed by atoms with van der Waals surface area (Å²) in [6.07, 6.45) is -1.72. The summed E-state index contributed by atoms with van der Waals surface area (Å²) in [4.78, 5) is 0. The Hall–Kier alpha value is -2.84. The lowest BCUT2D eigenvalue weighted by Gasteiger charge is -2.09. The molecule has 0 saturated carbocycles. The van der Waals surface area contributed by atoms with Crippen LogP contribution < -0.4 is 5.32 Å². The van der Waals surface area contributed by atoms with Gasteiger partial charge < -0.3 is 9.73 Å². The zero-order valence-electron chi connectivity index (χ0n) is 13.6. The van der Waals surface area contributed by atoms with E-state index in [9.17, 15) is 13.2 Å². The molecule has 2 heterocycles. The van der Waals surface area contributed by atoms with Crippen LogP contribution >= 0.6 is 0 Å². The molecule has 0 aliphatic carbocycles. The molecule has 0 amide bonds. The zero-order chi connectivity index (χ0) is 18.0. The van der Waals surface area contributed by atoms with Crippen LogP contribution in [0.25, 0.3) is 11.5 Å². The largest absolute Gasteiger partial charge is 0.418 e. The number of hydrogen-bond donors (Lipinski definition) is 1. The first-order valence-corrected chi connectivity index (χ1v) is 7.56. The number of nitrogens with zero attached hydrogens (tertiary/aromatic N) is 4. The van der Waals surface area contributed by atoms with Crippen molar-refractivity contribution in [1.82, 2.24) is 20.0 Å². The Bertz CT molecular complexity index is 838. The highest BCUT2D eigenvalue weighted by Crippen LogP contribution is 2.24. The van der Waals surface area contributed by atoms with Crippen molar-refractivity contribution in [3.05, 3.63) is 48.1 Å². The molecule has 0 aliphatic rings. The molecular formula is C16H16F3N5O. The van der Waals surface area contributed by atoms with Gasteiger partial charge in [0.25, 0.3) is 0 Å². The van der Waals surface area contributed by atoms with Crippen LogP contribution in [-0.4, -0.2) is 26.2 Å². The van der Waals surface area contributed by atoms with Gasteiger partial charge >= 0.3 is 6.18 Å². The molecule has 6 nitrogen and oxygen atoms in total. The number of anilines is 1. The molecule has 0 fully saturated rings. The Kier molecular flexibility index (Phi) is 4.47. The fraction of sp³-hybridized carbons (Fsp3) is 0.312. The fourth-order valence-electron chi connectivity index (χ4n) is 2.24. The molecule has 3 rings (SSSR count). The molecule has 0 spiro atoms. The van der Waals surface area contributed by atoms with Crippen LogP contribution in [0.4, 0.5) is 18.9 Å². The standard InChI is InChI=1S/C16H16F3N5O/c1-10-3-5-12(6-4-10)15-23-22-14(25-15)11(2)21-13-7-20-24(8-13)9-16(17,18)19/h3-8,11,21H,9H2,1-2H3. The van der Waals surface area contributed by atoms with Gasteiger partial charge in [-0.3, -0.25) is 4.68 Å². The second kappa shape index (κ2) is 6.58. The summed E-state index contributed by atoms with van der Waals surface area (Å²) in [6, 6.07) is 7.26. The Morgan fingerprint density at radius 2 is 1.92 bits per heavy atom. The molecule has 1 N–H and O–H groups in total. The Morgan fingerprint density at radius 1 is 1.20 bits per heavy atom. The molecule has 1 unspecified atom stereocenters. The van der Waals surface area contributed by atoms with Gasteiger partial charge in [-0.25, -0.2) is 0 Å². The topological polar surface area (TPSA) is 68.8 Å². The van der Waals surface area contributed by atoms with Crippen molar-refractivity contribution in [2.75, 3.05) is 5.32 Å². The molecule has 2 aromatic heterocycles. The Balaban J connectivity index is 1.68. The number of alkyl halides is 3. The van der Waals surface area contributed by atoms with E-state index in [1.165, 1.54) is 12.4 Å². The van der Waals surface area contributed by atoms with Gasteiger partial charge in [0.1, 0.15) is 12.6 Å². The van der Waals surface area contributed by atoms with Gasteiger partial charge in [0.05, 0.1) is 11.9 Å². The molecule has 1 aromatic carbocycles. The summed E-state index contributed by atoms with van der Waals surface area (Å²) in [5.74, 6) is 0.718. The Labute approximate surface area is 141 Å². The average molecular weight is 351 g/mol. The first kappa shape index (κ1) is 17.0. The van der Waals surface area contributed by atoms with E-state index in [-0.39, 0.29) is 6.04 Å². The average Bonchev–Trinajstić information content (AvgIpc) is 3.16. The van der Waals surface area contributed by atoms with Gasteiger partial charge in [0, 0.05) is 11.8 Å². The van der Waals surface area contributed by atoms with Crippen molar-refractivity contribution in [2.45, 2.75) is 32.6 Å². The van der Waals surface area contributed by atoms with Crippen LogP contribution in [0.1, 0.15) is 24.4 Å². The third-order valence-corrected chi connectivity index (χ3v) is 3.47. The summed E-state index contributed by atoms with van der Waals surface area (Å²) in [7, 11) is 0. The smallest absolute Gasteiger partial charge is 0.408 e. The van der Waals surface area contributed by atoms with E-state index in [4.69, 9.17) is 4.42 Å². The lowest BCUT2D eigenvalue weighted by molar-refractivity contribution is -0.142. The highest BCUT2D eigenvalue weighted by Gasteiger charge is 2.28. The van der Waals surface area contributed by atoms with Gasteiger partial charge in [-0.15, -0.1) is 10.2 Å². The number of nitrogens with one attached hydrogen (secondary N) is 1. The van der Waals surface area contributed by atoms with Gasteiger partial charge in [-0.1, -0.05) is 17.7 Å². The number of aryl methyl sites for hydroxylation is 1. The van der Waals surface area contributed by atoms with Crippen LogP contribution in [-0.2, 0) is 6.54 Å². The van der Waals surface area contributed by atoms with Crippen LogP contribution in [0, 0.1) is 6.92 Å². The number of hydrogen-bond acceptors (Lipinski definition) is 5. The molecule has 0 radical (unpaired) electrons. The van der Waals surface area contributed by atoms with E-state index in [1.54, 1.807) is 6.92 Å². The fourth-order valence-corrected chi connectivity index (χ4v) is 2.24. The first-order chi connectivity index (χ1) is 11.8. The molecule has 9 heteroatoms. The summed E-state index contributed by atoms with van der Waals surface area (Å²) in [5, 5.41) is 14.7. The van der Waals surface area contributed by atoms with Crippen LogP contribution in [0.3, 0.4) is 0 Å². The second-order valence-electron chi connectivity index (χ2n) is 5.72. The monoisotopic (exact) mass is 351 g/mol. The van der Waals surface area contributed by atoms with Crippen molar-refractivity contribution in [3.63, 3.8) is 0 Å². The molecule has 1 atom stereocenters. The predicted molar refractivity (Wildman–Crippen MR) is 84.8 cm³/mol. The third kappa shape index (κ3) is 4.37.